The Morgan fingerprint density at radius 3 is 2.12 bits per heavy atom. The maximum atomic E-state index is 9.69. The third-order valence-corrected chi connectivity index (χ3v) is 2.80. The van der Waals surface area contributed by atoms with Gasteiger partial charge in [0.2, 0.25) is 0 Å². The Morgan fingerprint density at radius 1 is 1.12 bits per heavy atom. The number of nitrogens with one attached hydrogen (secondary N) is 1. The monoisotopic (exact) mass is 235 g/mol. The average Bonchev–Trinajstić information content (AvgIpc) is 2.12. The molecular weight excluding hydrogens is 210 g/mol. The molecule has 1 rings (SSSR count). The summed E-state index contributed by atoms with van der Waals surface area (Å²) >= 11 is 0. The number of rotatable bonds is 3. The van der Waals surface area contributed by atoms with Crippen LogP contribution in [0.1, 0.15) is 45.7 Å². The Morgan fingerprint density at radius 2 is 1.71 bits per heavy atom. The number of aliphatic hydroxyl groups is 1. The van der Waals surface area contributed by atoms with Crippen molar-refractivity contribution in [2.24, 2.45) is 0 Å². The van der Waals surface area contributed by atoms with E-state index in [1.165, 1.54) is 11.1 Å². The van der Waals surface area contributed by atoms with Crippen LogP contribution in [-0.4, -0.2) is 17.3 Å². The summed E-state index contributed by atoms with van der Waals surface area (Å²) in [5.74, 6) is 0. The molecule has 0 fully saturated rings. The van der Waals surface area contributed by atoms with Gasteiger partial charge in [0.05, 0.1) is 5.60 Å². The maximum Gasteiger partial charge on any atom is 0.0763 e. The van der Waals surface area contributed by atoms with E-state index in [0.29, 0.717) is 6.54 Å². The van der Waals surface area contributed by atoms with Crippen molar-refractivity contribution in [1.82, 2.24) is 0 Å². The van der Waals surface area contributed by atoms with E-state index < -0.39 is 5.60 Å². The van der Waals surface area contributed by atoms with Crippen LogP contribution < -0.4 is 5.32 Å². The molecule has 0 saturated carbocycles. The predicted octanol–water partition coefficient (Wildman–Crippen LogP) is 3.48. The molecule has 2 nitrogen and oxygen atoms in total. The second-order valence-corrected chi connectivity index (χ2v) is 6.45. The lowest BCUT2D eigenvalue weighted by Gasteiger charge is -2.23. The number of anilines is 1. The summed E-state index contributed by atoms with van der Waals surface area (Å²) in [5.41, 5.74) is 3.15. The van der Waals surface area contributed by atoms with E-state index in [2.05, 4.69) is 51.2 Å². The Labute approximate surface area is 105 Å². The van der Waals surface area contributed by atoms with E-state index in [4.69, 9.17) is 0 Å². The Bertz CT molecular complexity index is 383. The van der Waals surface area contributed by atoms with Gasteiger partial charge in [0.1, 0.15) is 0 Å². The molecule has 0 unspecified atom stereocenters. The molecular formula is C15H25NO. The highest BCUT2D eigenvalue weighted by Crippen LogP contribution is 2.26. The number of benzene rings is 1. The maximum absolute atomic E-state index is 9.69. The van der Waals surface area contributed by atoms with Crippen molar-refractivity contribution < 1.29 is 5.11 Å². The minimum atomic E-state index is -0.685. The zero-order valence-corrected chi connectivity index (χ0v) is 11.9. The first kappa shape index (κ1) is 14.0. The van der Waals surface area contributed by atoms with Gasteiger partial charge in [-0.1, -0.05) is 32.9 Å². The highest BCUT2D eigenvalue weighted by Gasteiger charge is 2.15. The van der Waals surface area contributed by atoms with Gasteiger partial charge in [-0.25, -0.2) is 0 Å². The largest absolute Gasteiger partial charge is 0.389 e. The fraction of sp³-hybridized carbons (Fsp3) is 0.600. The Kier molecular flexibility index (Phi) is 3.88. The van der Waals surface area contributed by atoms with Crippen LogP contribution in [0, 0.1) is 6.92 Å². The molecule has 2 N–H and O–H groups in total. The first-order valence-electron chi connectivity index (χ1n) is 6.17. The summed E-state index contributed by atoms with van der Waals surface area (Å²) in [7, 11) is 0. The number of hydrogen-bond donors (Lipinski definition) is 2. The molecule has 96 valence electrons. The molecule has 1 aromatic carbocycles. The highest BCUT2D eigenvalue weighted by atomic mass is 16.3. The molecule has 2 heteroatoms. The molecule has 0 atom stereocenters. The smallest absolute Gasteiger partial charge is 0.0763 e. The SMILES string of the molecule is Cc1cc(C(C)(C)C)ccc1NCC(C)(C)O. The van der Waals surface area contributed by atoms with E-state index in [-0.39, 0.29) is 5.41 Å². The van der Waals surface area contributed by atoms with E-state index in [9.17, 15) is 5.11 Å². The first-order valence-corrected chi connectivity index (χ1v) is 6.17. The summed E-state index contributed by atoms with van der Waals surface area (Å²) in [6, 6.07) is 6.47. The van der Waals surface area contributed by atoms with Crippen LogP contribution >= 0.6 is 0 Å². The lowest BCUT2D eigenvalue weighted by Crippen LogP contribution is -2.29. The van der Waals surface area contributed by atoms with Crippen LogP contribution in [0.15, 0.2) is 18.2 Å². The molecule has 0 amide bonds. The molecule has 17 heavy (non-hydrogen) atoms. The van der Waals surface area contributed by atoms with Gasteiger partial charge in [-0.3, -0.25) is 0 Å². The summed E-state index contributed by atoms with van der Waals surface area (Å²) < 4.78 is 0. The van der Waals surface area contributed by atoms with Gasteiger partial charge in [0.25, 0.3) is 0 Å². The second kappa shape index (κ2) is 4.69. The number of hydrogen-bond acceptors (Lipinski definition) is 2. The average molecular weight is 235 g/mol. The van der Waals surface area contributed by atoms with Crippen LogP contribution in [0.4, 0.5) is 5.69 Å². The van der Waals surface area contributed by atoms with Gasteiger partial charge < -0.3 is 10.4 Å². The zero-order valence-electron chi connectivity index (χ0n) is 11.9. The molecule has 1 aromatic rings. The van der Waals surface area contributed by atoms with Crippen molar-refractivity contribution in [2.45, 2.75) is 52.6 Å². The zero-order chi connectivity index (χ0) is 13.3. The van der Waals surface area contributed by atoms with Crippen molar-refractivity contribution in [3.8, 4) is 0 Å². The minimum Gasteiger partial charge on any atom is -0.389 e. The van der Waals surface area contributed by atoms with Crippen LogP contribution in [-0.2, 0) is 5.41 Å². The lowest BCUT2D eigenvalue weighted by atomic mass is 9.86. The van der Waals surface area contributed by atoms with Gasteiger partial charge in [0.15, 0.2) is 0 Å². The van der Waals surface area contributed by atoms with Crippen molar-refractivity contribution in [3.63, 3.8) is 0 Å². The summed E-state index contributed by atoms with van der Waals surface area (Å²) in [6.45, 7) is 12.9. The van der Waals surface area contributed by atoms with E-state index in [1.807, 2.05) is 0 Å². The van der Waals surface area contributed by atoms with Gasteiger partial charge in [-0.05, 0) is 43.4 Å². The van der Waals surface area contributed by atoms with Crippen LogP contribution in [0.5, 0.6) is 0 Å². The van der Waals surface area contributed by atoms with Gasteiger partial charge >= 0.3 is 0 Å². The third kappa shape index (κ3) is 4.39. The highest BCUT2D eigenvalue weighted by molar-refractivity contribution is 5.53. The molecule has 0 heterocycles. The van der Waals surface area contributed by atoms with E-state index >= 15 is 0 Å². The van der Waals surface area contributed by atoms with Crippen LogP contribution in [0.3, 0.4) is 0 Å². The third-order valence-electron chi connectivity index (χ3n) is 2.80. The predicted molar refractivity (Wildman–Crippen MR) is 74.7 cm³/mol. The quantitative estimate of drug-likeness (QED) is 0.840. The second-order valence-electron chi connectivity index (χ2n) is 6.45. The molecule has 0 spiro atoms. The summed E-state index contributed by atoms with van der Waals surface area (Å²) in [4.78, 5) is 0. The standard InChI is InChI=1S/C15H25NO/c1-11-9-12(14(2,3)4)7-8-13(11)16-10-15(5,6)17/h7-9,16-17H,10H2,1-6H3. The molecule has 0 bridgehead atoms. The topological polar surface area (TPSA) is 32.3 Å². The molecule has 0 aliphatic carbocycles. The van der Waals surface area contributed by atoms with Gasteiger partial charge in [-0.2, -0.15) is 0 Å². The first-order chi connectivity index (χ1) is 7.59. The number of aryl methyl sites for hydroxylation is 1. The van der Waals surface area contributed by atoms with Gasteiger partial charge in [-0.15, -0.1) is 0 Å². The van der Waals surface area contributed by atoms with E-state index in [1.54, 1.807) is 13.8 Å². The molecule has 0 aromatic heterocycles. The van der Waals surface area contributed by atoms with Crippen LogP contribution in [0.25, 0.3) is 0 Å². The molecule has 0 radical (unpaired) electrons. The van der Waals surface area contributed by atoms with Crippen molar-refractivity contribution in [2.75, 3.05) is 11.9 Å². The molecule has 0 aliphatic rings. The van der Waals surface area contributed by atoms with Crippen molar-refractivity contribution >= 4 is 5.69 Å². The fourth-order valence-corrected chi connectivity index (χ4v) is 1.64. The molecule has 0 aliphatic heterocycles. The fourth-order valence-electron chi connectivity index (χ4n) is 1.64. The van der Waals surface area contributed by atoms with E-state index in [0.717, 1.165) is 5.69 Å². The van der Waals surface area contributed by atoms with Gasteiger partial charge in [0, 0.05) is 12.2 Å². The summed E-state index contributed by atoms with van der Waals surface area (Å²) in [5, 5.41) is 13.0. The minimum absolute atomic E-state index is 0.180. The summed E-state index contributed by atoms with van der Waals surface area (Å²) in [6.07, 6.45) is 0. The van der Waals surface area contributed by atoms with Crippen LogP contribution in [0.2, 0.25) is 0 Å². The Balaban J connectivity index is 2.84. The van der Waals surface area contributed by atoms with Crippen molar-refractivity contribution in [3.05, 3.63) is 29.3 Å². The lowest BCUT2D eigenvalue weighted by molar-refractivity contribution is 0.0945. The molecule has 0 saturated heterocycles. The Hall–Kier alpha value is -1.02. The van der Waals surface area contributed by atoms with Crippen molar-refractivity contribution in [1.29, 1.82) is 0 Å². The normalized spacial score (nSPS) is 12.6.